The summed E-state index contributed by atoms with van der Waals surface area (Å²) in [6, 6.07) is 16.2. The van der Waals surface area contributed by atoms with Crippen LogP contribution in [-0.4, -0.2) is 55.0 Å². The molecule has 1 fully saturated rings. The maximum atomic E-state index is 12.9. The zero-order valence-electron chi connectivity index (χ0n) is 15.1. The van der Waals surface area contributed by atoms with Crippen molar-refractivity contribution in [3.05, 3.63) is 59.7 Å². The molecule has 0 radical (unpaired) electrons. The van der Waals surface area contributed by atoms with E-state index in [0.29, 0.717) is 19.5 Å². The Morgan fingerprint density at radius 2 is 1.71 bits per heavy atom. The van der Waals surface area contributed by atoms with Gasteiger partial charge in [-0.15, -0.1) is 11.8 Å². The van der Waals surface area contributed by atoms with E-state index >= 15 is 0 Å². The quantitative estimate of drug-likeness (QED) is 0.770. The molecule has 144 valence electrons. The molecule has 1 atom stereocenters. The minimum absolute atomic E-state index is 0.0269. The number of hydrogen-bond donors (Lipinski definition) is 0. The summed E-state index contributed by atoms with van der Waals surface area (Å²) in [4.78, 5) is 15.8. The van der Waals surface area contributed by atoms with E-state index in [0.717, 1.165) is 4.90 Å². The predicted molar refractivity (Wildman–Crippen MR) is 106 cm³/mol. The molecular weight excluding hydrogens is 394 g/mol. The highest BCUT2D eigenvalue weighted by Gasteiger charge is 2.35. The molecule has 0 saturated carbocycles. The van der Waals surface area contributed by atoms with Crippen LogP contribution in [0.15, 0.2) is 58.3 Å². The third kappa shape index (κ3) is 3.41. The summed E-state index contributed by atoms with van der Waals surface area (Å²) >= 11 is 1.59. The third-order valence-electron chi connectivity index (χ3n) is 5.10. The number of piperazine rings is 1. The zero-order chi connectivity index (χ0) is 19.7. The van der Waals surface area contributed by atoms with Gasteiger partial charge in [0.25, 0.3) is 0 Å². The van der Waals surface area contributed by atoms with Gasteiger partial charge in [-0.05, 0) is 30.2 Å². The number of sulfonamides is 1. The van der Waals surface area contributed by atoms with Crippen LogP contribution in [0.3, 0.4) is 0 Å². The van der Waals surface area contributed by atoms with Crippen LogP contribution in [0.5, 0.6) is 0 Å². The number of amides is 1. The summed E-state index contributed by atoms with van der Waals surface area (Å²) in [5.41, 5.74) is 1.33. The zero-order valence-corrected chi connectivity index (χ0v) is 16.7. The molecule has 1 unspecified atom stereocenters. The lowest BCUT2D eigenvalue weighted by Gasteiger charge is -2.35. The molecule has 2 heterocycles. The normalized spacial score (nSPS) is 19.8. The minimum atomic E-state index is -3.75. The van der Waals surface area contributed by atoms with Crippen LogP contribution in [0.2, 0.25) is 0 Å². The maximum absolute atomic E-state index is 12.9. The average molecular weight is 414 g/mol. The largest absolute Gasteiger partial charge is 0.339 e. The first-order chi connectivity index (χ1) is 13.5. The molecule has 0 N–H and O–H groups in total. The fourth-order valence-electron chi connectivity index (χ4n) is 3.60. The van der Waals surface area contributed by atoms with Crippen LogP contribution in [0, 0.1) is 11.3 Å². The Bertz CT molecular complexity index is 1030. The van der Waals surface area contributed by atoms with Crippen LogP contribution in [0.1, 0.15) is 11.1 Å². The molecule has 1 saturated heterocycles. The number of benzene rings is 2. The molecule has 0 aromatic heterocycles. The fraction of sp³-hybridized carbons (Fsp3) is 0.300. The molecule has 2 aromatic carbocycles. The lowest BCUT2D eigenvalue weighted by molar-refractivity contribution is -0.131. The van der Waals surface area contributed by atoms with Crippen molar-refractivity contribution < 1.29 is 13.2 Å². The maximum Gasteiger partial charge on any atom is 0.244 e. The van der Waals surface area contributed by atoms with E-state index in [1.807, 2.05) is 30.3 Å². The Labute approximate surface area is 168 Å². The fourth-order valence-corrected chi connectivity index (χ4v) is 6.44. The van der Waals surface area contributed by atoms with Gasteiger partial charge in [0.2, 0.25) is 15.9 Å². The van der Waals surface area contributed by atoms with E-state index in [4.69, 9.17) is 0 Å². The number of fused-ring (bicyclic) bond motifs is 1. The molecule has 0 bridgehead atoms. The molecule has 28 heavy (non-hydrogen) atoms. The predicted octanol–water partition coefficient (Wildman–Crippen LogP) is 2.11. The second-order valence-electron chi connectivity index (χ2n) is 6.76. The summed E-state index contributed by atoms with van der Waals surface area (Å²) in [6.45, 7) is 1.19. The lowest BCUT2D eigenvalue weighted by Crippen LogP contribution is -2.52. The highest BCUT2D eigenvalue weighted by Crippen LogP contribution is 2.37. The van der Waals surface area contributed by atoms with Gasteiger partial charge in [-0.1, -0.05) is 30.3 Å². The van der Waals surface area contributed by atoms with Gasteiger partial charge >= 0.3 is 0 Å². The van der Waals surface area contributed by atoms with Gasteiger partial charge in [-0.3, -0.25) is 4.79 Å². The summed E-state index contributed by atoms with van der Waals surface area (Å²) in [6.07, 6.45) is 0.716. The monoisotopic (exact) mass is 413 g/mol. The van der Waals surface area contributed by atoms with E-state index in [9.17, 15) is 18.5 Å². The molecule has 0 spiro atoms. The Morgan fingerprint density at radius 1 is 1.04 bits per heavy atom. The van der Waals surface area contributed by atoms with Crippen LogP contribution >= 0.6 is 11.8 Å². The Balaban J connectivity index is 1.42. The molecule has 4 rings (SSSR count). The average Bonchev–Trinajstić information content (AvgIpc) is 3.17. The van der Waals surface area contributed by atoms with Crippen LogP contribution in [-0.2, 0) is 21.2 Å². The summed E-state index contributed by atoms with van der Waals surface area (Å²) in [7, 11) is -3.75. The van der Waals surface area contributed by atoms with Gasteiger partial charge in [0, 0.05) is 31.1 Å². The second-order valence-corrected chi connectivity index (χ2v) is 9.91. The number of nitrogens with zero attached hydrogens (tertiary/aromatic N) is 3. The smallest absolute Gasteiger partial charge is 0.244 e. The standard InChI is InChI=1S/C20H19N3O3S2/c21-14-16-6-2-4-8-19(16)28(25,26)23-11-9-22(10-12-23)20(24)18-13-15-5-1-3-7-17(15)27-18/h1-8,18H,9-13H2. The van der Waals surface area contributed by atoms with Crippen LogP contribution in [0.25, 0.3) is 0 Å². The van der Waals surface area contributed by atoms with Gasteiger partial charge < -0.3 is 4.90 Å². The van der Waals surface area contributed by atoms with E-state index in [2.05, 4.69) is 0 Å². The highest BCUT2D eigenvalue weighted by atomic mass is 32.2. The number of nitriles is 1. The Hall–Kier alpha value is -2.34. The van der Waals surface area contributed by atoms with Crippen molar-refractivity contribution in [1.82, 2.24) is 9.21 Å². The van der Waals surface area contributed by atoms with Crippen molar-refractivity contribution in [3.8, 4) is 6.07 Å². The van der Waals surface area contributed by atoms with Gasteiger partial charge in [-0.2, -0.15) is 9.57 Å². The highest BCUT2D eigenvalue weighted by molar-refractivity contribution is 8.01. The topological polar surface area (TPSA) is 81.5 Å². The SMILES string of the molecule is N#Cc1ccccc1S(=O)(=O)N1CCN(C(=O)C2Cc3ccccc3S2)CC1. The van der Waals surface area contributed by atoms with E-state index in [1.54, 1.807) is 28.8 Å². The number of thioether (sulfide) groups is 1. The van der Waals surface area contributed by atoms with Crippen molar-refractivity contribution in [2.24, 2.45) is 0 Å². The van der Waals surface area contributed by atoms with Gasteiger partial charge in [-0.25, -0.2) is 8.42 Å². The Kier molecular flexibility index (Phi) is 5.15. The first kappa shape index (κ1) is 19.0. The number of carbonyl (C=O) groups is 1. The molecule has 2 aliphatic rings. The van der Waals surface area contributed by atoms with Gasteiger partial charge in [0.15, 0.2) is 0 Å². The van der Waals surface area contributed by atoms with Crippen molar-refractivity contribution in [3.63, 3.8) is 0 Å². The first-order valence-electron chi connectivity index (χ1n) is 9.03. The van der Waals surface area contributed by atoms with Crippen molar-refractivity contribution in [2.75, 3.05) is 26.2 Å². The number of rotatable bonds is 3. The molecule has 0 aliphatic carbocycles. The van der Waals surface area contributed by atoms with Crippen LogP contribution in [0.4, 0.5) is 0 Å². The van der Waals surface area contributed by atoms with Crippen molar-refractivity contribution >= 4 is 27.7 Å². The van der Waals surface area contributed by atoms with Gasteiger partial charge in [0.1, 0.15) is 6.07 Å². The summed E-state index contributed by atoms with van der Waals surface area (Å²) < 4.78 is 27.2. The molecule has 8 heteroatoms. The Morgan fingerprint density at radius 3 is 2.43 bits per heavy atom. The summed E-state index contributed by atoms with van der Waals surface area (Å²) in [5, 5.41) is 9.06. The third-order valence-corrected chi connectivity index (χ3v) is 8.36. The van der Waals surface area contributed by atoms with E-state index in [1.165, 1.54) is 22.0 Å². The van der Waals surface area contributed by atoms with Crippen LogP contribution < -0.4 is 0 Å². The number of carbonyl (C=O) groups excluding carboxylic acids is 1. The summed E-state index contributed by atoms with van der Waals surface area (Å²) in [5.74, 6) is 0.0654. The lowest BCUT2D eigenvalue weighted by atomic mass is 10.1. The van der Waals surface area contributed by atoms with E-state index < -0.39 is 10.0 Å². The number of hydrogen-bond acceptors (Lipinski definition) is 5. The molecule has 2 aromatic rings. The second kappa shape index (κ2) is 7.59. The molecule has 1 amide bonds. The van der Waals surface area contributed by atoms with E-state index in [-0.39, 0.29) is 34.7 Å². The molecular formula is C20H19N3O3S2. The van der Waals surface area contributed by atoms with Crippen molar-refractivity contribution in [2.45, 2.75) is 21.5 Å². The first-order valence-corrected chi connectivity index (χ1v) is 11.4. The molecule has 6 nitrogen and oxygen atoms in total. The van der Waals surface area contributed by atoms with Gasteiger partial charge in [0.05, 0.1) is 15.7 Å². The molecule has 2 aliphatic heterocycles. The minimum Gasteiger partial charge on any atom is -0.339 e. The van der Waals surface area contributed by atoms with Crippen molar-refractivity contribution in [1.29, 1.82) is 5.26 Å².